The third-order valence-corrected chi connectivity index (χ3v) is 3.72. The smallest absolute Gasteiger partial charge is 0.182 e. The van der Waals surface area contributed by atoms with Gasteiger partial charge in [-0.05, 0) is 59.9 Å². The number of tetrazole rings is 1. The molecule has 0 spiro atoms. The summed E-state index contributed by atoms with van der Waals surface area (Å²) < 4.78 is 1.91. The summed E-state index contributed by atoms with van der Waals surface area (Å²) in [5.41, 5.74) is 8.73. The highest BCUT2D eigenvalue weighted by Gasteiger charge is 2.20. The Balaban J connectivity index is 1.90. The molecule has 0 radical (unpaired) electrons. The molecule has 2 N–H and O–H groups in total. The maximum Gasteiger partial charge on any atom is 0.182 e. The fourth-order valence-electron chi connectivity index (χ4n) is 2.27. The van der Waals surface area contributed by atoms with Gasteiger partial charge < -0.3 is 5.73 Å². The molecular weight excluding hydrogens is 226 g/mol. The van der Waals surface area contributed by atoms with E-state index in [0.717, 1.165) is 35.1 Å². The van der Waals surface area contributed by atoms with Crippen LogP contribution in [0.1, 0.15) is 24.8 Å². The van der Waals surface area contributed by atoms with Gasteiger partial charge in [-0.25, -0.2) is 4.68 Å². The topological polar surface area (TPSA) is 69.6 Å². The van der Waals surface area contributed by atoms with Crippen molar-refractivity contribution >= 4 is 5.69 Å². The molecule has 2 aromatic rings. The fourth-order valence-corrected chi connectivity index (χ4v) is 2.27. The zero-order valence-electron chi connectivity index (χ0n) is 10.5. The molecule has 1 aromatic carbocycles. The Morgan fingerprint density at radius 3 is 2.89 bits per heavy atom. The van der Waals surface area contributed by atoms with Crippen molar-refractivity contribution < 1.29 is 0 Å². The predicted molar refractivity (Wildman–Crippen MR) is 69.7 cm³/mol. The maximum atomic E-state index is 5.83. The van der Waals surface area contributed by atoms with Crippen LogP contribution in [0.25, 0.3) is 11.4 Å². The van der Waals surface area contributed by atoms with E-state index in [1.165, 1.54) is 19.3 Å². The summed E-state index contributed by atoms with van der Waals surface area (Å²) >= 11 is 0. The quantitative estimate of drug-likeness (QED) is 0.837. The number of nitrogens with zero attached hydrogens (tertiary/aromatic N) is 4. The Kier molecular flexibility index (Phi) is 2.74. The van der Waals surface area contributed by atoms with Crippen molar-refractivity contribution in [2.24, 2.45) is 5.92 Å². The van der Waals surface area contributed by atoms with Crippen molar-refractivity contribution in [1.29, 1.82) is 0 Å². The number of hydrogen-bond donors (Lipinski definition) is 1. The lowest BCUT2D eigenvalue weighted by Crippen LogP contribution is -2.19. The van der Waals surface area contributed by atoms with Crippen LogP contribution in [-0.2, 0) is 6.54 Å². The number of aryl methyl sites for hydroxylation is 1. The van der Waals surface area contributed by atoms with E-state index >= 15 is 0 Å². The van der Waals surface area contributed by atoms with Gasteiger partial charge >= 0.3 is 0 Å². The van der Waals surface area contributed by atoms with E-state index in [-0.39, 0.29) is 0 Å². The molecule has 1 aliphatic carbocycles. The molecule has 0 atom stereocenters. The van der Waals surface area contributed by atoms with Gasteiger partial charge in [-0.1, -0.05) is 6.42 Å². The highest BCUT2D eigenvalue weighted by molar-refractivity contribution is 5.61. The third kappa shape index (κ3) is 1.96. The van der Waals surface area contributed by atoms with E-state index in [2.05, 4.69) is 15.5 Å². The molecule has 1 saturated carbocycles. The summed E-state index contributed by atoms with van der Waals surface area (Å²) in [4.78, 5) is 0. The number of rotatable bonds is 3. The lowest BCUT2D eigenvalue weighted by atomic mass is 9.85. The molecule has 1 aliphatic rings. The number of aromatic nitrogens is 4. The van der Waals surface area contributed by atoms with Gasteiger partial charge in [-0.15, -0.1) is 5.10 Å². The number of benzene rings is 1. The molecule has 5 heteroatoms. The van der Waals surface area contributed by atoms with Crippen molar-refractivity contribution in [2.75, 3.05) is 5.73 Å². The minimum atomic E-state index is 0.738. The first-order valence-corrected chi connectivity index (χ1v) is 6.36. The molecule has 0 aliphatic heterocycles. The van der Waals surface area contributed by atoms with E-state index in [0.29, 0.717) is 0 Å². The third-order valence-electron chi connectivity index (χ3n) is 3.72. The van der Waals surface area contributed by atoms with Crippen molar-refractivity contribution in [3.8, 4) is 11.4 Å². The Morgan fingerprint density at radius 2 is 2.22 bits per heavy atom. The predicted octanol–water partition coefficient (Wildman–Crippen LogP) is 2.03. The molecule has 18 heavy (non-hydrogen) atoms. The van der Waals surface area contributed by atoms with Crippen molar-refractivity contribution in [1.82, 2.24) is 20.2 Å². The zero-order chi connectivity index (χ0) is 12.5. The molecule has 3 rings (SSSR count). The lowest BCUT2D eigenvalue weighted by Gasteiger charge is -2.25. The van der Waals surface area contributed by atoms with Crippen LogP contribution in [0.4, 0.5) is 5.69 Å². The van der Waals surface area contributed by atoms with Crippen LogP contribution in [0.15, 0.2) is 18.2 Å². The van der Waals surface area contributed by atoms with Crippen LogP contribution in [0.3, 0.4) is 0 Å². The first-order valence-electron chi connectivity index (χ1n) is 6.36. The maximum absolute atomic E-state index is 5.83. The average molecular weight is 243 g/mol. The highest BCUT2D eigenvalue weighted by atomic mass is 15.5. The molecule has 1 heterocycles. The number of nitrogens with two attached hydrogens (primary N) is 1. The lowest BCUT2D eigenvalue weighted by molar-refractivity contribution is 0.265. The van der Waals surface area contributed by atoms with Gasteiger partial charge in [0.1, 0.15) is 0 Å². The molecule has 94 valence electrons. The summed E-state index contributed by atoms with van der Waals surface area (Å²) in [7, 11) is 0. The Morgan fingerprint density at radius 1 is 1.39 bits per heavy atom. The summed E-state index contributed by atoms with van der Waals surface area (Å²) in [5, 5.41) is 12.0. The first-order chi connectivity index (χ1) is 8.74. The summed E-state index contributed by atoms with van der Waals surface area (Å²) in [6.07, 6.45) is 3.92. The van der Waals surface area contributed by atoms with Gasteiger partial charge in [0.05, 0.1) is 0 Å². The molecule has 0 saturated heterocycles. The van der Waals surface area contributed by atoms with E-state index in [9.17, 15) is 0 Å². The normalized spacial score (nSPS) is 15.6. The minimum Gasteiger partial charge on any atom is -0.399 e. The van der Waals surface area contributed by atoms with Crippen LogP contribution < -0.4 is 5.73 Å². The molecule has 0 amide bonds. The van der Waals surface area contributed by atoms with Gasteiger partial charge in [0.25, 0.3) is 0 Å². The van der Waals surface area contributed by atoms with Gasteiger partial charge in [0, 0.05) is 17.8 Å². The monoisotopic (exact) mass is 243 g/mol. The number of nitrogen functional groups attached to an aromatic ring is 1. The van der Waals surface area contributed by atoms with Crippen LogP contribution >= 0.6 is 0 Å². The number of hydrogen-bond acceptors (Lipinski definition) is 4. The van der Waals surface area contributed by atoms with Gasteiger partial charge in [0.15, 0.2) is 5.82 Å². The van der Waals surface area contributed by atoms with E-state index < -0.39 is 0 Å². The van der Waals surface area contributed by atoms with E-state index in [1.54, 1.807) is 0 Å². The average Bonchev–Trinajstić information content (AvgIpc) is 2.75. The molecule has 1 fully saturated rings. The van der Waals surface area contributed by atoms with Gasteiger partial charge in [-0.3, -0.25) is 0 Å². The Labute approximate surface area is 106 Å². The molecular formula is C13H17N5. The Bertz CT molecular complexity index is 556. The van der Waals surface area contributed by atoms with Gasteiger partial charge in [-0.2, -0.15) is 0 Å². The SMILES string of the molecule is Cc1cc(-c2nnnn2CC2CCC2)ccc1N. The first kappa shape index (κ1) is 11.2. The van der Waals surface area contributed by atoms with Crippen molar-refractivity contribution in [2.45, 2.75) is 32.7 Å². The van der Waals surface area contributed by atoms with Gasteiger partial charge in [0.2, 0.25) is 0 Å². The van der Waals surface area contributed by atoms with Crippen LogP contribution in [0, 0.1) is 12.8 Å². The van der Waals surface area contributed by atoms with Crippen LogP contribution in [0.5, 0.6) is 0 Å². The van der Waals surface area contributed by atoms with E-state index in [4.69, 9.17) is 5.73 Å². The van der Waals surface area contributed by atoms with Crippen LogP contribution in [0.2, 0.25) is 0 Å². The largest absolute Gasteiger partial charge is 0.399 e. The highest BCUT2D eigenvalue weighted by Crippen LogP contribution is 2.29. The molecule has 5 nitrogen and oxygen atoms in total. The zero-order valence-corrected chi connectivity index (χ0v) is 10.5. The second-order valence-corrected chi connectivity index (χ2v) is 5.05. The Hall–Kier alpha value is -1.91. The second kappa shape index (κ2) is 4.40. The van der Waals surface area contributed by atoms with Crippen molar-refractivity contribution in [3.05, 3.63) is 23.8 Å². The van der Waals surface area contributed by atoms with Crippen LogP contribution in [-0.4, -0.2) is 20.2 Å². The summed E-state index contributed by atoms with van der Waals surface area (Å²) in [6.45, 7) is 2.92. The standard InChI is InChI=1S/C13H17N5/c1-9-7-11(5-6-12(9)14)13-15-16-17-18(13)8-10-3-2-4-10/h5-7,10H,2-4,8,14H2,1H3. The summed E-state index contributed by atoms with van der Waals surface area (Å²) in [5.74, 6) is 1.58. The second-order valence-electron chi connectivity index (χ2n) is 5.05. The molecule has 0 unspecified atom stereocenters. The minimum absolute atomic E-state index is 0.738. The summed E-state index contributed by atoms with van der Waals surface area (Å²) in [6, 6.07) is 5.93. The van der Waals surface area contributed by atoms with E-state index in [1.807, 2.05) is 29.8 Å². The number of anilines is 1. The fraction of sp³-hybridized carbons (Fsp3) is 0.462. The van der Waals surface area contributed by atoms with Crippen molar-refractivity contribution in [3.63, 3.8) is 0 Å². The molecule has 0 bridgehead atoms. The molecule has 1 aromatic heterocycles.